The third-order valence-electron chi connectivity index (χ3n) is 3.06. The summed E-state index contributed by atoms with van der Waals surface area (Å²) in [6, 6.07) is 20.6. The Kier molecular flexibility index (Phi) is 2.90. The van der Waals surface area contributed by atoms with Gasteiger partial charge in [0, 0.05) is 6.54 Å². The minimum Gasteiger partial charge on any atom is -0.350 e. The lowest BCUT2D eigenvalue weighted by atomic mass is 10.1. The van der Waals surface area contributed by atoms with Gasteiger partial charge in [0.05, 0.1) is 6.10 Å². The Morgan fingerprint density at radius 1 is 0.824 bits per heavy atom. The predicted molar refractivity (Wildman–Crippen MR) is 67.5 cm³/mol. The van der Waals surface area contributed by atoms with Gasteiger partial charge in [-0.15, -0.1) is 0 Å². The molecule has 1 N–H and O–H groups in total. The fourth-order valence-corrected chi connectivity index (χ4v) is 2.16. The van der Waals surface area contributed by atoms with Crippen LogP contribution in [0.15, 0.2) is 60.7 Å². The molecule has 2 heteroatoms. The zero-order valence-electron chi connectivity index (χ0n) is 9.54. The van der Waals surface area contributed by atoms with E-state index in [9.17, 15) is 0 Å². The fourth-order valence-electron chi connectivity index (χ4n) is 2.16. The zero-order valence-corrected chi connectivity index (χ0v) is 9.54. The van der Waals surface area contributed by atoms with E-state index in [1.54, 1.807) is 0 Å². The summed E-state index contributed by atoms with van der Waals surface area (Å²) in [6.45, 7) is 0.865. The van der Waals surface area contributed by atoms with Crippen molar-refractivity contribution in [1.82, 2.24) is 5.32 Å². The van der Waals surface area contributed by atoms with Crippen LogP contribution in [0.2, 0.25) is 0 Å². The average Bonchev–Trinajstić information content (AvgIpc) is 2.90. The summed E-state index contributed by atoms with van der Waals surface area (Å²) >= 11 is 0. The van der Waals surface area contributed by atoms with Crippen molar-refractivity contribution in [3.8, 4) is 0 Å². The predicted octanol–water partition coefficient (Wildman–Crippen LogP) is 3.05. The van der Waals surface area contributed by atoms with Crippen molar-refractivity contribution < 1.29 is 4.74 Å². The molecule has 1 saturated heterocycles. The van der Waals surface area contributed by atoms with Gasteiger partial charge in [-0.1, -0.05) is 60.7 Å². The number of benzene rings is 2. The van der Waals surface area contributed by atoms with Crippen molar-refractivity contribution in [3.63, 3.8) is 0 Å². The van der Waals surface area contributed by atoms with E-state index in [0.29, 0.717) is 0 Å². The van der Waals surface area contributed by atoms with Crippen molar-refractivity contribution in [2.75, 3.05) is 6.54 Å². The minimum absolute atomic E-state index is 0.0152. The molecular weight excluding hydrogens is 210 g/mol. The highest BCUT2D eigenvalue weighted by Crippen LogP contribution is 2.29. The summed E-state index contributed by atoms with van der Waals surface area (Å²) < 4.78 is 6.02. The maximum Gasteiger partial charge on any atom is 0.135 e. The molecule has 0 bridgehead atoms. The van der Waals surface area contributed by atoms with Crippen LogP contribution in [-0.2, 0) is 4.74 Å². The minimum atomic E-state index is 0.0152. The molecule has 86 valence electrons. The summed E-state index contributed by atoms with van der Waals surface area (Å²) in [5, 5.41) is 3.40. The number of rotatable bonds is 2. The van der Waals surface area contributed by atoms with E-state index in [-0.39, 0.29) is 12.3 Å². The van der Waals surface area contributed by atoms with Crippen LogP contribution in [0, 0.1) is 0 Å². The molecule has 1 heterocycles. The Bertz CT molecular complexity index is 423. The van der Waals surface area contributed by atoms with Crippen molar-refractivity contribution in [1.29, 1.82) is 0 Å². The van der Waals surface area contributed by atoms with E-state index in [1.165, 1.54) is 11.1 Å². The van der Waals surface area contributed by atoms with E-state index in [2.05, 4.69) is 41.7 Å². The topological polar surface area (TPSA) is 21.3 Å². The number of hydrogen-bond donors (Lipinski definition) is 1. The van der Waals surface area contributed by atoms with E-state index >= 15 is 0 Å². The van der Waals surface area contributed by atoms with Gasteiger partial charge in [-0.05, 0) is 11.1 Å². The molecular formula is C15H15NO. The third-order valence-corrected chi connectivity index (χ3v) is 3.06. The lowest BCUT2D eigenvalue weighted by Crippen LogP contribution is -2.13. The van der Waals surface area contributed by atoms with Gasteiger partial charge in [0.25, 0.3) is 0 Å². The van der Waals surface area contributed by atoms with Gasteiger partial charge in [0.1, 0.15) is 6.23 Å². The second-order valence-electron chi connectivity index (χ2n) is 4.23. The standard InChI is InChI=1S/C15H15NO/c1-3-7-12(8-4-1)14-11-16-15(17-14)13-9-5-2-6-10-13/h1-10,14-16H,11H2. The van der Waals surface area contributed by atoms with Gasteiger partial charge in [0.15, 0.2) is 0 Å². The number of nitrogens with one attached hydrogen (secondary N) is 1. The van der Waals surface area contributed by atoms with Crippen LogP contribution >= 0.6 is 0 Å². The zero-order chi connectivity index (χ0) is 11.5. The van der Waals surface area contributed by atoms with Gasteiger partial charge in [-0.2, -0.15) is 0 Å². The van der Waals surface area contributed by atoms with Crippen LogP contribution in [0.3, 0.4) is 0 Å². The van der Waals surface area contributed by atoms with Gasteiger partial charge >= 0.3 is 0 Å². The van der Waals surface area contributed by atoms with Crippen molar-refractivity contribution in [2.24, 2.45) is 0 Å². The molecule has 0 aromatic heterocycles. The highest BCUT2D eigenvalue weighted by Gasteiger charge is 2.26. The Hall–Kier alpha value is -1.64. The van der Waals surface area contributed by atoms with E-state index in [1.807, 2.05) is 24.3 Å². The molecule has 17 heavy (non-hydrogen) atoms. The first kappa shape index (κ1) is 10.5. The first-order valence-corrected chi connectivity index (χ1v) is 5.92. The van der Waals surface area contributed by atoms with Gasteiger partial charge in [-0.3, -0.25) is 5.32 Å². The Morgan fingerprint density at radius 2 is 1.41 bits per heavy atom. The molecule has 0 radical (unpaired) electrons. The molecule has 2 nitrogen and oxygen atoms in total. The normalized spacial score (nSPS) is 23.8. The van der Waals surface area contributed by atoms with Gasteiger partial charge in [0.2, 0.25) is 0 Å². The molecule has 0 spiro atoms. The summed E-state index contributed by atoms with van der Waals surface area (Å²) in [5.41, 5.74) is 2.42. The van der Waals surface area contributed by atoms with Crippen molar-refractivity contribution in [3.05, 3.63) is 71.8 Å². The molecule has 2 aromatic rings. The lowest BCUT2D eigenvalue weighted by Gasteiger charge is -2.13. The second kappa shape index (κ2) is 4.70. The summed E-state index contributed by atoms with van der Waals surface area (Å²) in [6.07, 6.45) is 0.169. The van der Waals surface area contributed by atoms with Crippen LogP contribution in [0.25, 0.3) is 0 Å². The number of hydrogen-bond acceptors (Lipinski definition) is 2. The molecule has 1 aliphatic rings. The molecule has 0 amide bonds. The van der Waals surface area contributed by atoms with Gasteiger partial charge in [-0.25, -0.2) is 0 Å². The summed E-state index contributed by atoms with van der Waals surface area (Å²) in [7, 11) is 0. The fraction of sp³-hybridized carbons (Fsp3) is 0.200. The Morgan fingerprint density at radius 3 is 2.06 bits per heavy atom. The first-order chi connectivity index (χ1) is 8.43. The lowest BCUT2D eigenvalue weighted by molar-refractivity contribution is 0.0405. The second-order valence-corrected chi connectivity index (χ2v) is 4.23. The molecule has 2 unspecified atom stereocenters. The molecule has 2 aromatic carbocycles. The SMILES string of the molecule is c1ccc(C2CNC(c3ccccc3)O2)cc1. The highest BCUT2D eigenvalue weighted by atomic mass is 16.5. The van der Waals surface area contributed by atoms with Crippen LogP contribution in [0.5, 0.6) is 0 Å². The largest absolute Gasteiger partial charge is 0.350 e. The molecule has 3 rings (SSSR count). The summed E-state index contributed by atoms with van der Waals surface area (Å²) in [5.74, 6) is 0. The van der Waals surface area contributed by atoms with E-state index < -0.39 is 0 Å². The van der Waals surface area contributed by atoms with Crippen LogP contribution in [0.1, 0.15) is 23.5 Å². The van der Waals surface area contributed by atoms with Crippen molar-refractivity contribution in [2.45, 2.75) is 12.3 Å². The molecule has 1 aliphatic heterocycles. The Balaban J connectivity index is 1.75. The molecule has 0 saturated carbocycles. The van der Waals surface area contributed by atoms with Crippen LogP contribution < -0.4 is 5.32 Å². The number of ether oxygens (including phenoxy) is 1. The maximum atomic E-state index is 6.02. The maximum absolute atomic E-state index is 6.02. The highest BCUT2D eigenvalue weighted by molar-refractivity contribution is 5.22. The van der Waals surface area contributed by atoms with Gasteiger partial charge < -0.3 is 4.74 Å². The molecule has 1 fully saturated rings. The molecule has 2 atom stereocenters. The smallest absolute Gasteiger partial charge is 0.135 e. The average molecular weight is 225 g/mol. The quantitative estimate of drug-likeness (QED) is 0.848. The first-order valence-electron chi connectivity index (χ1n) is 5.92. The van der Waals surface area contributed by atoms with Crippen LogP contribution in [-0.4, -0.2) is 6.54 Å². The van der Waals surface area contributed by atoms with Crippen molar-refractivity contribution >= 4 is 0 Å². The van der Waals surface area contributed by atoms with E-state index in [0.717, 1.165) is 6.54 Å². The van der Waals surface area contributed by atoms with E-state index in [4.69, 9.17) is 4.74 Å². The molecule has 0 aliphatic carbocycles. The summed E-state index contributed by atoms with van der Waals surface area (Å²) in [4.78, 5) is 0. The Labute approximate surface area is 101 Å². The monoisotopic (exact) mass is 225 g/mol. The third kappa shape index (κ3) is 2.23. The van der Waals surface area contributed by atoms with Crippen LogP contribution in [0.4, 0.5) is 0 Å².